The molecular formula is C10H9Cl2N3O. The highest BCUT2D eigenvalue weighted by Gasteiger charge is 2.13. The maximum Gasteiger partial charge on any atom is 0.146 e. The molecule has 0 atom stereocenters. The summed E-state index contributed by atoms with van der Waals surface area (Å²) >= 11 is 11.9. The lowest BCUT2D eigenvalue weighted by Gasteiger charge is -2.09. The van der Waals surface area contributed by atoms with E-state index < -0.39 is 0 Å². The molecule has 2 aromatic rings. The number of aromatic amines is 1. The molecule has 0 fully saturated rings. The highest BCUT2D eigenvalue weighted by molar-refractivity contribution is 6.36. The molecule has 0 aliphatic rings. The summed E-state index contributed by atoms with van der Waals surface area (Å²) in [4.78, 5) is 0. The first-order chi connectivity index (χ1) is 7.61. The predicted molar refractivity (Wildman–Crippen MR) is 65.0 cm³/mol. The topological polar surface area (TPSA) is 63.9 Å². The molecule has 84 valence electrons. The Kier molecular flexibility index (Phi) is 2.94. The summed E-state index contributed by atoms with van der Waals surface area (Å²) in [6.45, 7) is 0. The SMILES string of the molecule is COc1c(Cl)cc(Cl)cc1-c1cc(N)n[nH]1. The van der Waals surface area contributed by atoms with Gasteiger partial charge in [-0.25, -0.2) is 0 Å². The van der Waals surface area contributed by atoms with Crippen molar-refractivity contribution in [1.82, 2.24) is 10.2 Å². The molecule has 2 rings (SSSR count). The molecule has 1 aromatic carbocycles. The van der Waals surface area contributed by atoms with Crippen LogP contribution in [0.2, 0.25) is 10.0 Å². The Balaban J connectivity index is 2.63. The summed E-state index contributed by atoms with van der Waals surface area (Å²) < 4.78 is 5.22. The third-order valence-corrected chi connectivity index (χ3v) is 2.60. The standard InChI is InChI=1S/C10H9Cl2N3O/c1-16-10-6(2-5(11)3-7(10)12)8-4-9(13)15-14-8/h2-4H,1H3,(H3,13,14,15). The van der Waals surface area contributed by atoms with Crippen molar-refractivity contribution in [2.45, 2.75) is 0 Å². The minimum absolute atomic E-state index is 0.396. The van der Waals surface area contributed by atoms with Crippen molar-refractivity contribution >= 4 is 29.0 Å². The fourth-order valence-corrected chi connectivity index (χ4v) is 2.01. The zero-order valence-corrected chi connectivity index (χ0v) is 9.93. The number of hydrogen-bond donors (Lipinski definition) is 2. The molecule has 0 radical (unpaired) electrons. The largest absolute Gasteiger partial charge is 0.494 e. The molecule has 4 nitrogen and oxygen atoms in total. The van der Waals surface area contributed by atoms with Gasteiger partial charge in [0, 0.05) is 16.7 Å². The molecule has 0 saturated carbocycles. The number of methoxy groups -OCH3 is 1. The van der Waals surface area contributed by atoms with Gasteiger partial charge in [-0.15, -0.1) is 0 Å². The number of nitrogen functional groups attached to an aromatic ring is 1. The lowest BCUT2D eigenvalue weighted by Crippen LogP contribution is -1.89. The van der Waals surface area contributed by atoms with Crippen molar-refractivity contribution in [3.05, 3.63) is 28.2 Å². The van der Waals surface area contributed by atoms with Gasteiger partial charge in [-0.2, -0.15) is 5.10 Å². The quantitative estimate of drug-likeness (QED) is 0.870. The van der Waals surface area contributed by atoms with Gasteiger partial charge in [0.2, 0.25) is 0 Å². The molecule has 3 N–H and O–H groups in total. The van der Waals surface area contributed by atoms with E-state index in [2.05, 4.69) is 10.2 Å². The van der Waals surface area contributed by atoms with E-state index in [0.29, 0.717) is 27.3 Å². The van der Waals surface area contributed by atoms with Crippen LogP contribution in [0.4, 0.5) is 5.82 Å². The molecule has 0 spiro atoms. The summed E-state index contributed by atoms with van der Waals surface area (Å²) in [7, 11) is 1.54. The first-order valence-corrected chi connectivity index (χ1v) is 5.21. The molecule has 0 amide bonds. The summed E-state index contributed by atoms with van der Waals surface area (Å²) in [5.74, 6) is 0.933. The first kappa shape index (κ1) is 11.1. The van der Waals surface area contributed by atoms with Crippen molar-refractivity contribution in [3.63, 3.8) is 0 Å². The Hall–Kier alpha value is -1.39. The average molecular weight is 258 g/mol. The van der Waals surface area contributed by atoms with Crippen LogP contribution in [0.5, 0.6) is 5.75 Å². The summed E-state index contributed by atoms with van der Waals surface area (Å²) in [6, 6.07) is 5.04. The number of nitrogens with two attached hydrogens (primary N) is 1. The van der Waals surface area contributed by atoms with Crippen LogP contribution in [0.1, 0.15) is 0 Å². The zero-order chi connectivity index (χ0) is 11.7. The van der Waals surface area contributed by atoms with Crippen LogP contribution in [0, 0.1) is 0 Å². The van der Waals surface area contributed by atoms with E-state index in [-0.39, 0.29) is 0 Å². The van der Waals surface area contributed by atoms with Crippen LogP contribution in [0.15, 0.2) is 18.2 Å². The van der Waals surface area contributed by atoms with Gasteiger partial charge in [-0.3, -0.25) is 5.10 Å². The van der Waals surface area contributed by atoms with Crippen molar-refractivity contribution < 1.29 is 4.74 Å². The third-order valence-electron chi connectivity index (χ3n) is 2.10. The van der Waals surface area contributed by atoms with Crippen molar-refractivity contribution in [3.8, 4) is 17.0 Å². The number of H-pyrrole nitrogens is 1. The fraction of sp³-hybridized carbons (Fsp3) is 0.100. The Morgan fingerprint density at radius 1 is 1.31 bits per heavy atom. The minimum atomic E-state index is 0.396. The van der Waals surface area contributed by atoms with E-state index in [1.54, 1.807) is 25.3 Å². The van der Waals surface area contributed by atoms with E-state index in [9.17, 15) is 0 Å². The highest BCUT2D eigenvalue weighted by Crippen LogP contribution is 2.38. The molecular weight excluding hydrogens is 249 g/mol. The van der Waals surface area contributed by atoms with Gasteiger partial charge in [0.25, 0.3) is 0 Å². The number of benzene rings is 1. The number of halogens is 2. The van der Waals surface area contributed by atoms with Gasteiger partial charge < -0.3 is 10.5 Å². The lowest BCUT2D eigenvalue weighted by atomic mass is 10.1. The van der Waals surface area contributed by atoms with Gasteiger partial charge in [-0.05, 0) is 12.1 Å². The second-order valence-electron chi connectivity index (χ2n) is 3.17. The van der Waals surface area contributed by atoms with E-state index in [0.717, 1.165) is 5.56 Å². The van der Waals surface area contributed by atoms with Gasteiger partial charge in [-0.1, -0.05) is 23.2 Å². The number of hydrogen-bond acceptors (Lipinski definition) is 3. The van der Waals surface area contributed by atoms with E-state index >= 15 is 0 Å². The van der Waals surface area contributed by atoms with Gasteiger partial charge in [0.1, 0.15) is 11.6 Å². The average Bonchev–Trinajstić information content (AvgIpc) is 2.63. The van der Waals surface area contributed by atoms with Crippen LogP contribution in [-0.2, 0) is 0 Å². The zero-order valence-electron chi connectivity index (χ0n) is 8.42. The van der Waals surface area contributed by atoms with Crippen molar-refractivity contribution in [2.24, 2.45) is 0 Å². The van der Waals surface area contributed by atoms with Crippen molar-refractivity contribution in [1.29, 1.82) is 0 Å². The smallest absolute Gasteiger partial charge is 0.146 e. The molecule has 1 aromatic heterocycles. The maximum atomic E-state index is 6.02. The Morgan fingerprint density at radius 2 is 2.06 bits per heavy atom. The first-order valence-electron chi connectivity index (χ1n) is 4.46. The maximum absolute atomic E-state index is 6.02. The lowest BCUT2D eigenvalue weighted by molar-refractivity contribution is 0.416. The van der Waals surface area contributed by atoms with Crippen LogP contribution in [0.25, 0.3) is 11.3 Å². The molecule has 0 aliphatic heterocycles. The summed E-state index contributed by atoms with van der Waals surface area (Å²) in [5.41, 5.74) is 6.97. The van der Waals surface area contributed by atoms with E-state index in [4.69, 9.17) is 33.7 Å². The monoisotopic (exact) mass is 257 g/mol. The van der Waals surface area contributed by atoms with E-state index in [1.807, 2.05) is 0 Å². The Labute approximate surface area is 102 Å². The van der Waals surface area contributed by atoms with Crippen LogP contribution < -0.4 is 10.5 Å². The predicted octanol–water partition coefficient (Wildman–Crippen LogP) is 2.97. The number of nitrogens with zero attached hydrogens (tertiary/aromatic N) is 1. The molecule has 0 aliphatic carbocycles. The Bertz CT molecular complexity index is 525. The molecule has 0 saturated heterocycles. The number of rotatable bonds is 2. The van der Waals surface area contributed by atoms with Crippen LogP contribution in [0.3, 0.4) is 0 Å². The van der Waals surface area contributed by atoms with Gasteiger partial charge in [0.05, 0.1) is 17.8 Å². The van der Waals surface area contributed by atoms with Crippen LogP contribution in [-0.4, -0.2) is 17.3 Å². The molecule has 6 heteroatoms. The minimum Gasteiger partial charge on any atom is -0.494 e. The van der Waals surface area contributed by atoms with E-state index in [1.165, 1.54) is 0 Å². The molecule has 0 bridgehead atoms. The fourth-order valence-electron chi connectivity index (χ4n) is 1.44. The second kappa shape index (κ2) is 4.23. The molecule has 16 heavy (non-hydrogen) atoms. The Morgan fingerprint density at radius 3 is 2.62 bits per heavy atom. The number of ether oxygens (including phenoxy) is 1. The van der Waals surface area contributed by atoms with Gasteiger partial charge >= 0.3 is 0 Å². The molecule has 0 unspecified atom stereocenters. The normalized spacial score (nSPS) is 10.4. The van der Waals surface area contributed by atoms with Crippen molar-refractivity contribution in [2.75, 3.05) is 12.8 Å². The number of nitrogens with one attached hydrogen (secondary N) is 1. The third kappa shape index (κ3) is 1.94. The highest BCUT2D eigenvalue weighted by atomic mass is 35.5. The summed E-state index contributed by atoms with van der Waals surface area (Å²) in [6.07, 6.45) is 0. The van der Waals surface area contributed by atoms with Gasteiger partial charge in [0.15, 0.2) is 0 Å². The number of aromatic nitrogens is 2. The second-order valence-corrected chi connectivity index (χ2v) is 4.02. The number of anilines is 1. The molecule has 1 heterocycles. The summed E-state index contributed by atoms with van der Waals surface area (Å²) in [5, 5.41) is 7.58. The van der Waals surface area contributed by atoms with Crippen LogP contribution >= 0.6 is 23.2 Å².